The lowest BCUT2D eigenvalue weighted by molar-refractivity contribution is -0.134. The molecule has 0 saturated carbocycles. The summed E-state index contributed by atoms with van der Waals surface area (Å²) in [7, 11) is 0. The van der Waals surface area contributed by atoms with Crippen LogP contribution in [0.4, 0.5) is 4.39 Å². The van der Waals surface area contributed by atoms with Crippen molar-refractivity contribution in [3.8, 4) is 0 Å². The number of ether oxygens (including phenoxy) is 1. The summed E-state index contributed by atoms with van der Waals surface area (Å²) in [6.07, 6.45) is 0.504. The van der Waals surface area contributed by atoms with E-state index in [2.05, 4.69) is 4.99 Å². The van der Waals surface area contributed by atoms with Crippen LogP contribution >= 0.6 is 0 Å². The molecule has 3 nitrogen and oxygen atoms in total. The summed E-state index contributed by atoms with van der Waals surface area (Å²) in [6, 6.07) is 14.8. The van der Waals surface area contributed by atoms with Gasteiger partial charge in [0.25, 0.3) is 0 Å². The molecule has 100 valence electrons. The largest absolute Gasteiger partial charge is 0.406 e. The van der Waals surface area contributed by atoms with E-state index in [4.69, 9.17) is 4.74 Å². The molecule has 3 rings (SSSR count). The average molecular weight is 269 g/mol. The van der Waals surface area contributed by atoms with E-state index in [1.165, 1.54) is 12.1 Å². The van der Waals surface area contributed by atoms with Crippen LogP contribution in [0, 0.1) is 5.82 Å². The maximum atomic E-state index is 12.9. The topological polar surface area (TPSA) is 38.7 Å². The quantitative estimate of drug-likeness (QED) is 0.804. The Labute approximate surface area is 115 Å². The zero-order valence-corrected chi connectivity index (χ0v) is 10.6. The fraction of sp³-hybridized carbons (Fsp3) is 0.125. The van der Waals surface area contributed by atoms with Crippen LogP contribution in [0.1, 0.15) is 11.1 Å². The highest BCUT2D eigenvalue weighted by atomic mass is 19.1. The lowest BCUT2D eigenvalue weighted by Crippen LogP contribution is -2.17. The molecule has 2 aromatic rings. The molecule has 0 spiro atoms. The third-order valence-electron chi connectivity index (χ3n) is 3.11. The SMILES string of the molecule is O=C1OC(c2ccc(F)cc2)=NC1Cc1ccccc1. The summed E-state index contributed by atoms with van der Waals surface area (Å²) >= 11 is 0. The number of rotatable bonds is 3. The minimum Gasteiger partial charge on any atom is -0.406 e. The molecule has 1 heterocycles. The first-order valence-corrected chi connectivity index (χ1v) is 6.32. The van der Waals surface area contributed by atoms with Gasteiger partial charge in [0.1, 0.15) is 5.82 Å². The Balaban J connectivity index is 1.80. The number of nitrogens with zero attached hydrogens (tertiary/aromatic N) is 1. The van der Waals surface area contributed by atoms with Gasteiger partial charge in [-0.05, 0) is 29.8 Å². The van der Waals surface area contributed by atoms with Crippen LogP contribution in [-0.2, 0) is 16.0 Å². The second-order valence-corrected chi connectivity index (χ2v) is 4.57. The van der Waals surface area contributed by atoms with Crippen molar-refractivity contribution >= 4 is 11.9 Å². The third kappa shape index (κ3) is 2.59. The Kier molecular flexibility index (Phi) is 3.29. The van der Waals surface area contributed by atoms with Gasteiger partial charge < -0.3 is 4.74 Å². The lowest BCUT2D eigenvalue weighted by atomic mass is 10.1. The number of esters is 1. The Morgan fingerprint density at radius 2 is 1.75 bits per heavy atom. The van der Waals surface area contributed by atoms with Crippen molar-refractivity contribution in [2.45, 2.75) is 12.5 Å². The van der Waals surface area contributed by atoms with E-state index in [1.54, 1.807) is 12.1 Å². The molecule has 0 amide bonds. The van der Waals surface area contributed by atoms with Gasteiger partial charge in [-0.15, -0.1) is 0 Å². The number of hydrogen-bond acceptors (Lipinski definition) is 3. The van der Waals surface area contributed by atoms with Crippen LogP contribution in [0.2, 0.25) is 0 Å². The molecule has 1 unspecified atom stereocenters. The molecule has 4 heteroatoms. The first-order valence-electron chi connectivity index (χ1n) is 6.32. The highest BCUT2D eigenvalue weighted by Crippen LogP contribution is 2.17. The number of hydrogen-bond donors (Lipinski definition) is 0. The van der Waals surface area contributed by atoms with E-state index in [0.717, 1.165) is 5.56 Å². The number of carbonyl (C=O) groups is 1. The predicted octanol–water partition coefficient (Wildman–Crippen LogP) is 2.74. The summed E-state index contributed by atoms with van der Waals surface area (Å²) in [5.41, 5.74) is 1.63. The normalized spacial score (nSPS) is 17.8. The highest BCUT2D eigenvalue weighted by Gasteiger charge is 2.29. The molecule has 0 aromatic heterocycles. The second kappa shape index (κ2) is 5.25. The number of aliphatic imine (C=N–C) groups is 1. The third-order valence-corrected chi connectivity index (χ3v) is 3.11. The van der Waals surface area contributed by atoms with Crippen molar-refractivity contribution < 1.29 is 13.9 Å². The second-order valence-electron chi connectivity index (χ2n) is 4.57. The molecule has 0 radical (unpaired) electrons. The van der Waals surface area contributed by atoms with Crippen molar-refractivity contribution in [2.75, 3.05) is 0 Å². The van der Waals surface area contributed by atoms with Crippen LogP contribution in [0.5, 0.6) is 0 Å². The summed E-state index contributed by atoms with van der Waals surface area (Å²) in [5.74, 6) is -0.441. The van der Waals surface area contributed by atoms with Gasteiger partial charge in [0, 0.05) is 12.0 Å². The van der Waals surface area contributed by atoms with Crippen LogP contribution in [-0.4, -0.2) is 17.9 Å². The molecule has 1 atom stereocenters. The smallest absolute Gasteiger partial charge is 0.338 e. The van der Waals surface area contributed by atoms with Gasteiger partial charge in [0.05, 0.1) is 0 Å². The Bertz CT molecular complexity index is 650. The van der Waals surface area contributed by atoms with E-state index in [0.29, 0.717) is 12.0 Å². The maximum absolute atomic E-state index is 12.9. The average Bonchev–Trinajstić information content (AvgIpc) is 2.82. The monoisotopic (exact) mass is 269 g/mol. The molecular formula is C16H12FNO2. The Morgan fingerprint density at radius 1 is 1.05 bits per heavy atom. The Morgan fingerprint density at radius 3 is 2.45 bits per heavy atom. The summed E-state index contributed by atoms with van der Waals surface area (Å²) in [6.45, 7) is 0. The van der Waals surface area contributed by atoms with Gasteiger partial charge in [-0.25, -0.2) is 14.2 Å². The lowest BCUT2D eigenvalue weighted by Gasteiger charge is -2.02. The van der Waals surface area contributed by atoms with Gasteiger partial charge >= 0.3 is 5.97 Å². The molecule has 0 saturated heterocycles. The van der Waals surface area contributed by atoms with Crippen molar-refractivity contribution in [2.24, 2.45) is 4.99 Å². The van der Waals surface area contributed by atoms with Crippen LogP contribution in [0.25, 0.3) is 0 Å². The van der Waals surface area contributed by atoms with E-state index in [1.807, 2.05) is 30.3 Å². The molecular weight excluding hydrogens is 257 g/mol. The number of benzene rings is 2. The minimum absolute atomic E-state index is 0.260. The van der Waals surface area contributed by atoms with Crippen molar-refractivity contribution in [1.82, 2.24) is 0 Å². The standard InChI is InChI=1S/C16H12FNO2/c17-13-8-6-12(7-9-13)15-18-14(16(19)20-15)10-11-4-2-1-3-5-11/h1-9,14H,10H2. The molecule has 20 heavy (non-hydrogen) atoms. The fourth-order valence-electron chi connectivity index (χ4n) is 2.08. The summed E-state index contributed by atoms with van der Waals surface area (Å²) in [4.78, 5) is 16.1. The zero-order chi connectivity index (χ0) is 13.9. The van der Waals surface area contributed by atoms with Crippen molar-refractivity contribution in [1.29, 1.82) is 0 Å². The number of carbonyl (C=O) groups excluding carboxylic acids is 1. The van der Waals surface area contributed by atoms with E-state index >= 15 is 0 Å². The van der Waals surface area contributed by atoms with Crippen molar-refractivity contribution in [3.05, 3.63) is 71.5 Å². The van der Waals surface area contributed by atoms with Gasteiger partial charge in [0.15, 0.2) is 6.04 Å². The van der Waals surface area contributed by atoms with Crippen LogP contribution in [0.3, 0.4) is 0 Å². The molecule has 0 aliphatic carbocycles. The van der Waals surface area contributed by atoms with E-state index in [-0.39, 0.29) is 17.7 Å². The van der Waals surface area contributed by atoms with Gasteiger partial charge in [0.2, 0.25) is 5.90 Å². The number of cyclic esters (lactones) is 1. The summed E-state index contributed by atoms with van der Waals surface area (Å²) in [5, 5.41) is 0. The number of halogens is 1. The fourth-order valence-corrected chi connectivity index (χ4v) is 2.08. The first kappa shape index (κ1) is 12.5. The molecule has 1 aliphatic heterocycles. The highest BCUT2D eigenvalue weighted by molar-refractivity contribution is 6.06. The van der Waals surface area contributed by atoms with E-state index in [9.17, 15) is 9.18 Å². The molecule has 1 aliphatic rings. The van der Waals surface area contributed by atoms with E-state index < -0.39 is 6.04 Å². The van der Waals surface area contributed by atoms with Crippen molar-refractivity contribution in [3.63, 3.8) is 0 Å². The molecule has 0 N–H and O–H groups in total. The molecule has 0 fully saturated rings. The van der Waals surface area contributed by atoms with Gasteiger partial charge in [-0.3, -0.25) is 0 Å². The zero-order valence-electron chi connectivity index (χ0n) is 10.6. The maximum Gasteiger partial charge on any atom is 0.338 e. The first-order chi connectivity index (χ1) is 9.72. The summed E-state index contributed by atoms with van der Waals surface area (Å²) < 4.78 is 18.0. The molecule has 0 bridgehead atoms. The van der Waals surface area contributed by atoms with Crippen LogP contribution in [0.15, 0.2) is 59.6 Å². The van der Waals surface area contributed by atoms with Gasteiger partial charge in [-0.2, -0.15) is 0 Å². The molecule has 2 aromatic carbocycles. The van der Waals surface area contributed by atoms with Gasteiger partial charge in [-0.1, -0.05) is 30.3 Å². The minimum atomic E-state index is -0.530. The Hall–Kier alpha value is -2.49. The predicted molar refractivity (Wildman–Crippen MR) is 73.0 cm³/mol. The van der Waals surface area contributed by atoms with Crippen LogP contribution < -0.4 is 0 Å².